The van der Waals surface area contributed by atoms with Crippen molar-refractivity contribution < 1.29 is 9.90 Å². The van der Waals surface area contributed by atoms with Crippen molar-refractivity contribution in [1.82, 2.24) is 0 Å². The Balaban J connectivity index is 2.44. The van der Waals surface area contributed by atoms with E-state index >= 15 is 0 Å². The lowest BCUT2D eigenvalue weighted by atomic mass is 10.3. The Morgan fingerprint density at radius 1 is 1.75 bits per heavy atom. The quantitative estimate of drug-likeness (QED) is 0.491. The zero-order valence-electron chi connectivity index (χ0n) is 4.66. The van der Waals surface area contributed by atoms with Crippen molar-refractivity contribution >= 4 is 5.97 Å². The molecule has 3 unspecified atom stereocenters. The summed E-state index contributed by atoms with van der Waals surface area (Å²) >= 11 is 0. The van der Waals surface area contributed by atoms with Crippen molar-refractivity contribution in [2.24, 2.45) is 17.6 Å². The summed E-state index contributed by atoms with van der Waals surface area (Å²) in [6.07, 6.45) is 0. The summed E-state index contributed by atoms with van der Waals surface area (Å²) in [4.78, 5) is 10.1. The predicted octanol–water partition coefficient (Wildman–Crippen LogP) is -0.336. The molecule has 1 aliphatic rings. The van der Waals surface area contributed by atoms with E-state index in [4.69, 9.17) is 10.8 Å². The van der Waals surface area contributed by atoms with Crippen LogP contribution in [0.3, 0.4) is 0 Å². The van der Waals surface area contributed by atoms with Crippen LogP contribution in [-0.4, -0.2) is 17.1 Å². The highest BCUT2D eigenvalue weighted by Gasteiger charge is 2.49. The smallest absolute Gasteiger partial charge is 0.308 e. The molecular formula is C5H9NO2. The normalized spacial score (nSPS) is 44.0. The monoisotopic (exact) mass is 115 g/mol. The van der Waals surface area contributed by atoms with Crippen LogP contribution in [0.1, 0.15) is 6.92 Å². The summed E-state index contributed by atoms with van der Waals surface area (Å²) in [6.45, 7) is 1.85. The first-order valence-corrected chi connectivity index (χ1v) is 2.63. The molecule has 0 saturated heterocycles. The van der Waals surface area contributed by atoms with Gasteiger partial charge in [-0.1, -0.05) is 6.92 Å². The Bertz CT molecular complexity index is 116. The number of nitrogens with two attached hydrogens (primary N) is 1. The lowest BCUT2D eigenvalue weighted by Gasteiger charge is -1.80. The summed E-state index contributed by atoms with van der Waals surface area (Å²) in [5, 5.41) is 8.31. The maximum atomic E-state index is 10.1. The van der Waals surface area contributed by atoms with E-state index in [1.165, 1.54) is 0 Å². The van der Waals surface area contributed by atoms with Crippen molar-refractivity contribution in [2.45, 2.75) is 13.0 Å². The number of carbonyl (C=O) groups is 1. The topological polar surface area (TPSA) is 63.3 Å². The van der Waals surface area contributed by atoms with Gasteiger partial charge in [0.1, 0.15) is 0 Å². The summed E-state index contributed by atoms with van der Waals surface area (Å²) in [5.41, 5.74) is 5.33. The van der Waals surface area contributed by atoms with E-state index in [9.17, 15) is 4.79 Å². The molecule has 1 rings (SSSR count). The van der Waals surface area contributed by atoms with Gasteiger partial charge in [0.05, 0.1) is 5.92 Å². The summed E-state index contributed by atoms with van der Waals surface area (Å²) in [7, 11) is 0. The van der Waals surface area contributed by atoms with Gasteiger partial charge < -0.3 is 10.8 Å². The largest absolute Gasteiger partial charge is 0.481 e. The molecule has 0 amide bonds. The molecule has 3 nitrogen and oxygen atoms in total. The highest BCUT2D eigenvalue weighted by molar-refractivity contribution is 5.75. The molecule has 1 aliphatic carbocycles. The molecule has 0 radical (unpaired) electrons. The van der Waals surface area contributed by atoms with Gasteiger partial charge in [-0.3, -0.25) is 4.79 Å². The van der Waals surface area contributed by atoms with E-state index in [1.54, 1.807) is 0 Å². The average molecular weight is 115 g/mol. The molecule has 0 heterocycles. The molecule has 0 spiro atoms. The number of rotatable bonds is 1. The fourth-order valence-electron chi connectivity index (χ4n) is 0.883. The van der Waals surface area contributed by atoms with Crippen LogP contribution in [0.5, 0.6) is 0 Å². The summed E-state index contributed by atoms with van der Waals surface area (Å²) < 4.78 is 0. The number of carboxylic acid groups (broad SMARTS) is 1. The van der Waals surface area contributed by atoms with Gasteiger partial charge in [0.25, 0.3) is 0 Å². The van der Waals surface area contributed by atoms with Crippen molar-refractivity contribution in [3.8, 4) is 0 Å². The van der Waals surface area contributed by atoms with Gasteiger partial charge in [-0.05, 0) is 5.92 Å². The maximum absolute atomic E-state index is 10.1. The van der Waals surface area contributed by atoms with Crippen LogP contribution in [0.2, 0.25) is 0 Å². The van der Waals surface area contributed by atoms with Crippen LogP contribution in [0.4, 0.5) is 0 Å². The molecule has 3 N–H and O–H groups in total. The Kier molecular flexibility index (Phi) is 1.01. The first-order chi connectivity index (χ1) is 3.64. The molecule has 0 aromatic rings. The second-order valence-corrected chi connectivity index (χ2v) is 2.30. The third kappa shape index (κ3) is 0.591. The van der Waals surface area contributed by atoms with E-state index in [-0.39, 0.29) is 17.9 Å². The minimum Gasteiger partial charge on any atom is -0.481 e. The first-order valence-electron chi connectivity index (χ1n) is 2.63. The number of hydrogen-bond donors (Lipinski definition) is 2. The standard InChI is InChI=1S/C5H9NO2/c1-2-3(4(2)6)5(7)8/h2-4H,6H2,1H3,(H,7,8). The van der Waals surface area contributed by atoms with Crippen LogP contribution in [0, 0.1) is 11.8 Å². The fourth-order valence-corrected chi connectivity index (χ4v) is 0.883. The van der Waals surface area contributed by atoms with Gasteiger partial charge in [0.15, 0.2) is 0 Å². The molecule has 0 aliphatic heterocycles. The fraction of sp³-hybridized carbons (Fsp3) is 0.800. The van der Waals surface area contributed by atoms with E-state index in [2.05, 4.69) is 0 Å². The molecule has 1 saturated carbocycles. The molecule has 0 aromatic heterocycles. The zero-order chi connectivity index (χ0) is 6.31. The number of hydrogen-bond acceptors (Lipinski definition) is 2. The first kappa shape index (κ1) is 5.56. The zero-order valence-corrected chi connectivity index (χ0v) is 4.66. The number of aliphatic carboxylic acids is 1. The van der Waals surface area contributed by atoms with E-state index in [1.807, 2.05) is 6.92 Å². The van der Waals surface area contributed by atoms with Crippen LogP contribution in [0.15, 0.2) is 0 Å². The van der Waals surface area contributed by atoms with Gasteiger partial charge in [-0.2, -0.15) is 0 Å². The van der Waals surface area contributed by atoms with Gasteiger partial charge in [-0.15, -0.1) is 0 Å². The minimum absolute atomic E-state index is 0.0903. The Morgan fingerprint density at radius 2 is 2.12 bits per heavy atom. The van der Waals surface area contributed by atoms with E-state index in [0.29, 0.717) is 0 Å². The lowest BCUT2D eigenvalue weighted by molar-refractivity contribution is -0.138. The SMILES string of the molecule is CC1C(N)C1C(=O)O. The molecule has 46 valence electrons. The predicted molar refractivity (Wildman–Crippen MR) is 28.3 cm³/mol. The van der Waals surface area contributed by atoms with Crippen LogP contribution >= 0.6 is 0 Å². The molecule has 0 aromatic carbocycles. The third-order valence-electron chi connectivity index (χ3n) is 1.73. The van der Waals surface area contributed by atoms with Crippen molar-refractivity contribution in [1.29, 1.82) is 0 Å². The third-order valence-corrected chi connectivity index (χ3v) is 1.73. The van der Waals surface area contributed by atoms with Gasteiger partial charge in [0, 0.05) is 6.04 Å². The average Bonchev–Trinajstić information content (AvgIpc) is 2.15. The summed E-state index contributed by atoms with van der Waals surface area (Å²) in [5.74, 6) is -0.840. The van der Waals surface area contributed by atoms with Crippen molar-refractivity contribution in [3.05, 3.63) is 0 Å². The molecule has 3 heteroatoms. The van der Waals surface area contributed by atoms with E-state index < -0.39 is 5.97 Å². The van der Waals surface area contributed by atoms with Gasteiger partial charge >= 0.3 is 5.97 Å². The Hall–Kier alpha value is -0.570. The maximum Gasteiger partial charge on any atom is 0.308 e. The van der Waals surface area contributed by atoms with Gasteiger partial charge in [-0.25, -0.2) is 0 Å². The van der Waals surface area contributed by atoms with E-state index in [0.717, 1.165) is 0 Å². The van der Waals surface area contributed by atoms with Gasteiger partial charge in [0.2, 0.25) is 0 Å². The highest BCUT2D eigenvalue weighted by Crippen LogP contribution is 2.36. The second kappa shape index (κ2) is 1.45. The van der Waals surface area contributed by atoms with Crippen LogP contribution in [-0.2, 0) is 4.79 Å². The van der Waals surface area contributed by atoms with Crippen molar-refractivity contribution in [2.75, 3.05) is 0 Å². The minimum atomic E-state index is -0.759. The highest BCUT2D eigenvalue weighted by atomic mass is 16.4. The Labute approximate surface area is 47.5 Å². The number of carboxylic acids is 1. The van der Waals surface area contributed by atoms with Crippen molar-refractivity contribution in [3.63, 3.8) is 0 Å². The lowest BCUT2D eigenvalue weighted by Crippen LogP contribution is -2.08. The molecule has 3 atom stereocenters. The van der Waals surface area contributed by atoms with Crippen LogP contribution < -0.4 is 5.73 Å². The Morgan fingerprint density at radius 3 is 2.12 bits per heavy atom. The molecule has 0 bridgehead atoms. The summed E-state index contributed by atoms with van der Waals surface area (Å²) in [6, 6.07) is -0.0903. The molecular weight excluding hydrogens is 106 g/mol. The molecule has 1 fully saturated rings. The second-order valence-electron chi connectivity index (χ2n) is 2.30. The molecule has 8 heavy (non-hydrogen) atoms. The van der Waals surface area contributed by atoms with Crippen LogP contribution in [0.25, 0.3) is 0 Å².